The summed E-state index contributed by atoms with van der Waals surface area (Å²) in [5.74, 6) is -1.61. The number of rotatable bonds is 4. The van der Waals surface area contributed by atoms with Crippen LogP contribution in [-0.4, -0.2) is 23.0 Å². The van der Waals surface area contributed by atoms with Crippen LogP contribution in [0.15, 0.2) is 18.2 Å². The van der Waals surface area contributed by atoms with Crippen LogP contribution in [0.25, 0.3) is 0 Å². The van der Waals surface area contributed by atoms with Gasteiger partial charge in [-0.2, -0.15) is 0 Å². The van der Waals surface area contributed by atoms with E-state index in [9.17, 15) is 9.59 Å². The Bertz CT molecular complexity index is 541. The second-order valence-electron chi connectivity index (χ2n) is 5.11. The minimum atomic E-state index is -0.798. The highest BCUT2D eigenvalue weighted by atomic mass is 35.5. The van der Waals surface area contributed by atoms with E-state index in [1.807, 2.05) is 0 Å². The third-order valence-electron chi connectivity index (χ3n) is 3.67. The number of hydrogen-bond acceptors (Lipinski definition) is 2. The van der Waals surface area contributed by atoms with Crippen molar-refractivity contribution in [3.05, 3.63) is 33.8 Å². The summed E-state index contributed by atoms with van der Waals surface area (Å²) in [6.45, 7) is 1.78. The molecule has 1 aliphatic rings. The Morgan fingerprint density at radius 3 is 2.50 bits per heavy atom. The molecule has 0 aliphatic heterocycles. The molecule has 1 saturated carbocycles. The van der Waals surface area contributed by atoms with Crippen molar-refractivity contribution in [2.24, 2.45) is 5.92 Å². The fourth-order valence-corrected chi connectivity index (χ4v) is 2.50. The quantitative estimate of drug-likeness (QED) is 0.897. The van der Waals surface area contributed by atoms with Crippen LogP contribution in [0.2, 0.25) is 10.0 Å². The van der Waals surface area contributed by atoms with Crippen LogP contribution in [0.3, 0.4) is 0 Å². The molecule has 2 N–H and O–H groups in total. The summed E-state index contributed by atoms with van der Waals surface area (Å²) in [6, 6.07) is 5.05. The van der Waals surface area contributed by atoms with Crippen molar-refractivity contribution < 1.29 is 14.7 Å². The first-order chi connectivity index (χ1) is 9.38. The Hall–Kier alpha value is -1.26. The molecule has 1 unspecified atom stereocenters. The molecule has 0 aromatic heterocycles. The second-order valence-corrected chi connectivity index (χ2v) is 5.92. The van der Waals surface area contributed by atoms with E-state index in [-0.39, 0.29) is 23.8 Å². The molecule has 1 fully saturated rings. The van der Waals surface area contributed by atoms with Gasteiger partial charge in [0.25, 0.3) is 0 Å². The van der Waals surface area contributed by atoms with E-state index >= 15 is 0 Å². The van der Waals surface area contributed by atoms with Gasteiger partial charge in [0.1, 0.15) is 0 Å². The van der Waals surface area contributed by atoms with Crippen LogP contribution >= 0.6 is 23.2 Å². The highest BCUT2D eigenvalue weighted by Gasteiger charge is 2.35. The molecule has 1 atom stereocenters. The van der Waals surface area contributed by atoms with Crippen molar-refractivity contribution in [2.75, 3.05) is 0 Å². The molecule has 0 radical (unpaired) electrons. The molecule has 0 heterocycles. The van der Waals surface area contributed by atoms with E-state index in [4.69, 9.17) is 28.3 Å². The van der Waals surface area contributed by atoms with E-state index in [1.165, 1.54) is 0 Å². The normalized spacial score (nSPS) is 22.8. The van der Waals surface area contributed by atoms with Gasteiger partial charge in [-0.25, -0.2) is 0 Å². The molecule has 4 nitrogen and oxygen atoms in total. The van der Waals surface area contributed by atoms with Gasteiger partial charge in [0, 0.05) is 6.04 Å². The zero-order valence-electron chi connectivity index (χ0n) is 10.9. The first-order valence-corrected chi connectivity index (χ1v) is 7.12. The molecule has 2 rings (SSSR count). The Morgan fingerprint density at radius 2 is 1.95 bits per heavy atom. The predicted molar refractivity (Wildman–Crippen MR) is 77.2 cm³/mol. The monoisotopic (exact) mass is 315 g/mol. The standard InChI is InChI=1S/C14H15Cl2NO3/c1-7(8-2-3-11(15)12(16)6-8)13(18)17-10-4-9(5-10)14(19)20/h2-3,6-7,9-10H,4-5H2,1H3,(H,17,18)(H,19,20). The number of carboxylic acid groups (broad SMARTS) is 1. The molecule has 108 valence electrons. The Morgan fingerprint density at radius 1 is 1.30 bits per heavy atom. The average molecular weight is 316 g/mol. The van der Waals surface area contributed by atoms with Crippen LogP contribution in [0.5, 0.6) is 0 Å². The molecule has 1 aromatic rings. The SMILES string of the molecule is CC(C(=O)NC1CC(C(=O)O)C1)c1ccc(Cl)c(Cl)c1. The van der Waals surface area contributed by atoms with Crippen LogP contribution in [0, 0.1) is 5.92 Å². The number of aliphatic carboxylic acids is 1. The molecule has 0 saturated heterocycles. The molecule has 1 aromatic carbocycles. The summed E-state index contributed by atoms with van der Waals surface area (Å²) >= 11 is 11.8. The fourth-order valence-electron chi connectivity index (χ4n) is 2.20. The summed E-state index contributed by atoms with van der Waals surface area (Å²) in [4.78, 5) is 22.8. The van der Waals surface area contributed by atoms with Crippen LogP contribution in [0.1, 0.15) is 31.2 Å². The number of benzene rings is 1. The molecular formula is C14H15Cl2NO3. The fraction of sp³-hybridized carbons (Fsp3) is 0.429. The lowest BCUT2D eigenvalue weighted by molar-refractivity contribution is -0.146. The first kappa shape index (κ1) is 15.1. The summed E-state index contributed by atoms with van der Waals surface area (Å²) in [7, 11) is 0. The Balaban J connectivity index is 1.92. The van der Waals surface area contributed by atoms with Gasteiger partial charge in [-0.05, 0) is 37.5 Å². The number of halogens is 2. The van der Waals surface area contributed by atoms with Gasteiger partial charge in [0.15, 0.2) is 0 Å². The minimum absolute atomic E-state index is 0.0474. The zero-order chi connectivity index (χ0) is 14.9. The summed E-state index contributed by atoms with van der Waals surface area (Å²) in [5.41, 5.74) is 0.783. The largest absolute Gasteiger partial charge is 0.481 e. The summed E-state index contributed by atoms with van der Waals surface area (Å²) in [5, 5.41) is 12.5. The van der Waals surface area contributed by atoms with Gasteiger partial charge < -0.3 is 10.4 Å². The third-order valence-corrected chi connectivity index (χ3v) is 4.41. The van der Waals surface area contributed by atoms with Crippen molar-refractivity contribution >= 4 is 35.1 Å². The van der Waals surface area contributed by atoms with E-state index in [2.05, 4.69) is 5.32 Å². The molecule has 0 spiro atoms. The number of nitrogens with one attached hydrogen (secondary N) is 1. The third kappa shape index (κ3) is 3.25. The zero-order valence-corrected chi connectivity index (χ0v) is 12.4. The highest BCUT2D eigenvalue weighted by molar-refractivity contribution is 6.42. The predicted octanol–water partition coefficient (Wildman–Crippen LogP) is 3.08. The number of carboxylic acids is 1. The number of hydrogen-bond donors (Lipinski definition) is 2. The minimum Gasteiger partial charge on any atom is -0.481 e. The maximum absolute atomic E-state index is 12.1. The topological polar surface area (TPSA) is 66.4 Å². The van der Waals surface area contributed by atoms with Gasteiger partial charge in [-0.15, -0.1) is 0 Å². The first-order valence-electron chi connectivity index (χ1n) is 6.36. The van der Waals surface area contributed by atoms with E-state index < -0.39 is 5.97 Å². The molecule has 6 heteroatoms. The van der Waals surface area contributed by atoms with Crippen molar-refractivity contribution in [3.8, 4) is 0 Å². The van der Waals surface area contributed by atoms with Crippen LogP contribution in [-0.2, 0) is 9.59 Å². The second kappa shape index (κ2) is 6.02. The van der Waals surface area contributed by atoms with Gasteiger partial charge in [0.05, 0.1) is 21.9 Å². The number of carbonyl (C=O) groups excluding carboxylic acids is 1. The summed E-state index contributed by atoms with van der Waals surface area (Å²) in [6.07, 6.45) is 0.990. The van der Waals surface area contributed by atoms with Crippen LogP contribution in [0.4, 0.5) is 0 Å². The van der Waals surface area contributed by atoms with E-state index in [0.29, 0.717) is 22.9 Å². The lowest BCUT2D eigenvalue weighted by Crippen LogP contribution is -2.47. The van der Waals surface area contributed by atoms with Gasteiger partial charge >= 0.3 is 5.97 Å². The smallest absolute Gasteiger partial charge is 0.306 e. The average Bonchev–Trinajstić information content (AvgIpc) is 2.34. The molecule has 1 aliphatic carbocycles. The van der Waals surface area contributed by atoms with Crippen LogP contribution < -0.4 is 5.32 Å². The van der Waals surface area contributed by atoms with Crippen molar-refractivity contribution in [1.82, 2.24) is 5.32 Å². The van der Waals surface area contributed by atoms with Crippen molar-refractivity contribution in [3.63, 3.8) is 0 Å². The molecular weight excluding hydrogens is 301 g/mol. The molecule has 20 heavy (non-hydrogen) atoms. The number of amides is 1. The molecule has 1 amide bonds. The van der Waals surface area contributed by atoms with Gasteiger partial charge in [0.2, 0.25) is 5.91 Å². The molecule has 0 bridgehead atoms. The Kier molecular flexibility index (Phi) is 4.55. The van der Waals surface area contributed by atoms with Gasteiger partial charge in [-0.3, -0.25) is 9.59 Å². The van der Waals surface area contributed by atoms with E-state index in [0.717, 1.165) is 5.56 Å². The maximum atomic E-state index is 12.1. The highest BCUT2D eigenvalue weighted by Crippen LogP contribution is 2.29. The van der Waals surface area contributed by atoms with Crippen molar-refractivity contribution in [1.29, 1.82) is 0 Å². The van der Waals surface area contributed by atoms with Gasteiger partial charge in [-0.1, -0.05) is 29.3 Å². The lowest BCUT2D eigenvalue weighted by atomic mass is 9.80. The maximum Gasteiger partial charge on any atom is 0.306 e. The summed E-state index contributed by atoms with van der Waals surface area (Å²) < 4.78 is 0. The Labute approximate surface area is 127 Å². The lowest BCUT2D eigenvalue weighted by Gasteiger charge is -2.33. The van der Waals surface area contributed by atoms with E-state index in [1.54, 1.807) is 25.1 Å². The number of carbonyl (C=O) groups is 2. The van der Waals surface area contributed by atoms with Crippen molar-refractivity contribution in [2.45, 2.75) is 31.7 Å².